The molecule has 2 rings (SSSR count). The topological polar surface area (TPSA) is 78.9 Å². The Morgan fingerprint density at radius 2 is 2.19 bits per heavy atom. The first-order chi connectivity index (χ1) is 9.90. The molecule has 1 aliphatic heterocycles. The highest BCUT2D eigenvalue weighted by Gasteiger charge is 2.38. The molecule has 1 saturated heterocycles. The van der Waals surface area contributed by atoms with Crippen molar-refractivity contribution in [1.29, 1.82) is 0 Å². The first-order valence-corrected chi connectivity index (χ1v) is 7.65. The standard InChI is InChI=1S/C13H14ClIN2O4/c1-17(11-6-21-5-8(11)12(18)19)13(20)16-10-3-2-7(15)4-9(10)14/h2-4,8,11H,5-6H2,1H3,(H,16,20)(H,18,19). The number of likely N-dealkylation sites (N-methyl/N-ethyl adjacent to an activating group) is 1. The van der Waals surface area contributed by atoms with E-state index in [4.69, 9.17) is 21.4 Å². The summed E-state index contributed by atoms with van der Waals surface area (Å²) in [6.07, 6.45) is 0. The van der Waals surface area contributed by atoms with Crippen LogP contribution in [0.4, 0.5) is 10.5 Å². The van der Waals surface area contributed by atoms with E-state index in [0.29, 0.717) is 10.7 Å². The first-order valence-electron chi connectivity index (χ1n) is 6.19. The molecular formula is C13H14ClIN2O4. The lowest BCUT2D eigenvalue weighted by molar-refractivity contribution is -0.142. The minimum atomic E-state index is -0.968. The predicted octanol–water partition coefficient (Wildman–Crippen LogP) is 2.51. The van der Waals surface area contributed by atoms with Crippen molar-refractivity contribution < 1.29 is 19.4 Å². The summed E-state index contributed by atoms with van der Waals surface area (Å²) in [7, 11) is 1.55. The van der Waals surface area contributed by atoms with Crippen LogP contribution >= 0.6 is 34.2 Å². The van der Waals surface area contributed by atoms with Gasteiger partial charge in [-0.05, 0) is 40.8 Å². The number of amides is 2. The number of urea groups is 1. The Bertz CT molecular complexity index is 569. The summed E-state index contributed by atoms with van der Waals surface area (Å²) in [6, 6.07) is 4.34. The maximum atomic E-state index is 12.2. The van der Waals surface area contributed by atoms with Crippen LogP contribution in [0, 0.1) is 9.49 Å². The monoisotopic (exact) mass is 424 g/mol. The molecule has 0 bridgehead atoms. The molecular weight excluding hydrogens is 411 g/mol. The third-order valence-corrected chi connectivity index (χ3v) is 4.34. The van der Waals surface area contributed by atoms with Crippen LogP contribution in [-0.2, 0) is 9.53 Å². The van der Waals surface area contributed by atoms with Crippen molar-refractivity contribution in [2.24, 2.45) is 5.92 Å². The van der Waals surface area contributed by atoms with Crippen molar-refractivity contribution in [3.63, 3.8) is 0 Å². The maximum absolute atomic E-state index is 12.2. The Hall–Kier alpha value is -1.06. The van der Waals surface area contributed by atoms with E-state index >= 15 is 0 Å². The highest BCUT2D eigenvalue weighted by molar-refractivity contribution is 14.1. The Morgan fingerprint density at radius 3 is 2.81 bits per heavy atom. The van der Waals surface area contributed by atoms with Crippen LogP contribution in [0.2, 0.25) is 5.02 Å². The number of carboxylic acids is 1. The van der Waals surface area contributed by atoms with E-state index in [9.17, 15) is 9.59 Å². The molecule has 0 aromatic heterocycles. The maximum Gasteiger partial charge on any atom is 0.321 e. The fourth-order valence-corrected chi connectivity index (χ4v) is 3.01. The summed E-state index contributed by atoms with van der Waals surface area (Å²) >= 11 is 8.18. The number of anilines is 1. The molecule has 2 amide bonds. The van der Waals surface area contributed by atoms with Gasteiger partial charge in [-0.25, -0.2) is 4.79 Å². The number of benzene rings is 1. The number of carboxylic acid groups (broad SMARTS) is 1. The molecule has 0 saturated carbocycles. The summed E-state index contributed by atoms with van der Waals surface area (Å²) in [5.74, 6) is -1.68. The molecule has 2 unspecified atom stereocenters. The number of hydrogen-bond acceptors (Lipinski definition) is 3. The Balaban J connectivity index is 2.07. The molecule has 8 heteroatoms. The number of carbonyl (C=O) groups is 2. The van der Waals surface area contributed by atoms with Gasteiger partial charge in [-0.3, -0.25) is 4.79 Å². The fourth-order valence-electron chi connectivity index (χ4n) is 2.11. The molecule has 0 radical (unpaired) electrons. The second kappa shape index (κ2) is 6.80. The van der Waals surface area contributed by atoms with Gasteiger partial charge in [0.25, 0.3) is 0 Å². The number of hydrogen-bond donors (Lipinski definition) is 2. The smallest absolute Gasteiger partial charge is 0.321 e. The van der Waals surface area contributed by atoms with E-state index in [2.05, 4.69) is 27.9 Å². The van der Waals surface area contributed by atoms with Crippen LogP contribution in [0.5, 0.6) is 0 Å². The lowest BCUT2D eigenvalue weighted by atomic mass is 10.0. The van der Waals surface area contributed by atoms with Gasteiger partial charge >= 0.3 is 12.0 Å². The zero-order valence-corrected chi connectivity index (χ0v) is 14.1. The van der Waals surface area contributed by atoms with Crippen molar-refractivity contribution in [3.8, 4) is 0 Å². The van der Waals surface area contributed by atoms with Crippen molar-refractivity contribution in [1.82, 2.24) is 4.90 Å². The van der Waals surface area contributed by atoms with Crippen molar-refractivity contribution in [3.05, 3.63) is 26.8 Å². The predicted molar refractivity (Wildman–Crippen MR) is 86.7 cm³/mol. The second-order valence-electron chi connectivity index (χ2n) is 4.71. The van der Waals surface area contributed by atoms with E-state index in [1.165, 1.54) is 4.90 Å². The van der Waals surface area contributed by atoms with Gasteiger partial charge in [0, 0.05) is 10.6 Å². The number of rotatable bonds is 3. The van der Waals surface area contributed by atoms with Crippen LogP contribution in [0.25, 0.3) is 0 Å². The van der Waals surface area contributed by atoms with Gasteiger partial charge in [-0.2, -0.15) is 0 Å². The van der Waals surface area contributed by atoms with Gasteiger partial charge < -0.3 is 20.1 Å². The minimum Gasteiger partial charge on any atom is -0.481 e. The first kappa shape index (κ1) is 16.3. The number of nitrogens with one attached hydrogen (secondary N) is 1. The molecule has 0 aliphatic carbocycles. The molecule has 21 heavy (non-hydrogen) atoms. The normalized spacial score (nSPS) is 21.1. The lowest BCUT2D eigenvalue weighted by Crippen LogP contribution is -2.45. The number of halogens is 2. The van der Waals surface area contributed by atoms with Gasteiger partial charge in [-0.1, -0.05) is 11.6 Å². The highest BCUT2D eigenvalue weighted by atomic mass is 127. The van der Waals surface area contributed by atoms with Crippen LogP contribution in [0.1, 0.15) is 0 Å². The van der Waals surface area contributed by atoms with Crippen molar-refractivity contribution in [2.45, 2.75) is 6.04 Å². The largest absolute Gasteiger partial charge is 0.481 e. The fraction of sp³-hybridized carbons (Fsp3) is 0.385. The Kier molecular flexibility index (Phi) is 5.28. The van der Waals surface area contributed by atoms with Gasteiger partial charge in [0.2, 0.25) is 0 Å². The van der Waals surface area contributed by atoms with Crippen molar-refractivity contribution in [2.75, 3.05) is 25.6 Å². The summed E-state index contributed by atoms with van der Waals surface area (Å²) in [4.78, 5) is 24.7. The van der Waals surface area contributed by atoms with E-state index in [1.54, 1.807) is 19.2 Å². The van der Waals surface area contributed by atoms with Crippen LogP contribution in [0.3, 0.4) is 0 Å². The molecule has 2 N–H and O–H groups in total. The summed E-state index contributed by atoms with van der Waals surface area (Å²) in [6.45, 7) is 0.323. The van der Waals surface area contributed by atoms with Gasteiger partial charge in [-0.15, -0.1) is 0 Å². The molecule has 1 aromatic rings. The van der Waals surface area contributed by atoms with E-state index in [0.717, 1.165) is 3.57 Å². The summed E-state index contributed by atoms with van der Waals surface area (Å²) in [5.41, 5.74) is 0.486. The molecule has 1 aromatic carbocycles. The molecule has 0 spiro atoms. The van der Waals surface area contributed by atoms with E-state index < -0.39 is 24.0 Å². The Labute approximate surface area is 140 Å². The highest BCUT2D eigenvalue weighted by Crippen LogP contribution is 2.25. The van der Waals surface area contributed by atoms with E-state index in [-0.39, 0.29) is 13.2 Å². The summed E-state index contributed by atoms with van der Waals surface area (Å²) in [5, 5.41) is 12.2. The van der Waals surface area contributed by atoms with Gasteiger partial charge in [0.15, 0.2) is 0 Å². The quantitative estimate of drug-likeness (QED) is 0.731. The summed E-state index contributed by atoms with van der Waals surface area (Å²) < 4.78 is 6.12. The molecule has 1 aliphatic rings. The lowest BCUT2D eigenvalue weighted by Gasteiger charge is -2.26. The number of ether oxygens (including phenoxy) is 1. The number of aliphatic carboxylic acids is 1. The third-order valence-electron chi connectivity index (χ3n) is 3.36. The zero-order valence-electron chi connectivity index (χ0n) is 11.2. The molecule has 114 valence electrons. The number of nitrogens with zero attached hydrogens (tertiary/aromatic N) is 1. The SMILES string of the molecule is CN(C(=O)Nc1ccc(I)cc1Cl)C1COCC1C(=O)O. The van der Waals surface area contributed by atoms with E-state index in [1.807, 2.05) is 6.07 Å². The molecule has 1 fully saturated rings. The Morgan fingerprint density at radius 1 is 1.48 bits per heavy atom. The van der Waals surface area contributed by atoms with Crippen LogP contribution < -0.4 is 5.32 Å². The second-order valence-corrected chi connectivity index (χ2v) is 6.37. The van der Waals surface area contributed by atoms with Crippen LogP contribution in [0.15, 0.2) is 18.2 Å². The van der Waals surface area contributed by atoms with Gasteiger partial charge in [0.05, 0.1) is 30.0 Å². The molecule has 2 atom stereocenters. The molecule has 1 heterocycles. The van der Waals surface area contributed by atoms with Crippen molar-refractivity contribution >= 4 is 51.9 Å². The average Bonchev–Trinajstić information content (AvgIpc) is 2.90. The number of carbonyl (C=O) groups excluding carboxylic acids is 1. The minimum absolute atomic E-state index is 0.113. The average molecular weight is 425 g/mol. The van der Waals surface area contributed by atoms with Gasteiger partial charge in [0.1, 0.15) is 5.92 Å². The molecule has 6 nitrogen and oxygen atoms in total. The third kappa shape index (κ3) is 3.78. The van der Waals surface area contributed by atoms with Crippen LogP contribution in [-0.4, -0.2) is 48.3 Å². The zero-order chi connectivity index (χ0) is 15.6.